The Kier molecular flexibility index (Phi) is 3.61. The van der Waals surface area contributed by atoms with Crippen LogP contribution < -0.4 is 4.74 Å². The third-order valence-corrected chi connectivity index (χ3v) is 1.39. The first-order valence-corrected chi connectivity index (χ1v) is 3.86. The molecule has 0 aliphatic rings. The van der Waals surface area contributed by atoms with Gasteiger partial charge in [-0.15, -0.1) is 0 Å². The SMILES string of the molecule is FC(Cl)=CCOc1ccccc1. The van der Waals surface area contributed by atoms with Gasteiger partial charge in [-0.2, -0.15) is 4.39 Å². The Morgan fingerprint density at radius 3 is 2.67 bits per heavy atom. The molecule has 0 unspecified atom stereocenters. The van der Waals surface area contributed by atoms with Crippen molar-refractivity contribution >= 4 is 11.6 Å². The van der Waals surface area contributed by atoms with Crippen LogP contribution in [0.2, 0.25) is 0 Å². The van der Waals surface area contributed by atoms with Crippen LogP contribution in [0.5, 0.6) is 5.75 Å². The Balaban J connectivity index is 2.39. The number of halogens is 2. The summed E-state index contributed by atoms with van der Waals surface area (Å²) in [6.07, 6.45) is 1.16. The molecule has 3 heteroatoms. The summed E-state index contributed by atoms with van der Waals surface area (Å²) in [5, 5.41) is -0.745. The van der Waals surface area contributed by atoms with Crippen LogP contribution in [0.15, 0.2) is 41.7 Å². The fraction of sp³-hybridized carbons (Fsp3) is 0.111. The molecular formula is C9H8ClFO. The van der Waals surface area contributed by atoms with E-state index in [0.29, 0.717) is 5.75 Å². The number of rotatable bonds is 3. The molecule has 0 fully saturated rings. The second-order valence-corrected chi connectivity index (χ2v) is 2.48. The minimum absolute atomic E-state index is 0.152. The maximum absolute atomic E-state index is 12.0. The van der Waals surface area contributed by atoms with Crippen molar-refractivity contribution < 1.29 is 9.13 Å². The molecule has 0 aromatic heterocycles. The Labute approximate surface area is 75.4 Å². The number of ether oxygens (including phenoxy) is 1. The first-order chi connectivity index (χ1) is 5.79. The van der Waals surface area contributed by atoms with Crippen LogP contribution in [0.1, 0.15) is 0 Å². The van der Waals surface area contributed by atoms with E-state index >= 15 is 0 Å². The van der Waals surface area contributed by atoms with Gasteiger partial charge in [0.2, 0.25) is 0 Å². The molecule has 0 saturated heterocycles. The van der Waals surface area contributed by atoms with Crippen molar-refractivity contribution in [2.45, 2.75) is 0 Å². The van der Waals surface area contributed by atoms with Gasteiger partial charge in [0.25, 0.3) is 0 Å². The molecule has 0 N–H and O–H groups in total. The zero-order chi connectivity index (χ0) is 8.81. The van der Waals surface area contributed by atoms with E-state index in [1.165, 1.54) is 0 Å². The van der Waals surface area contributed by atoms with Crippen LogP contribution >= 0.6 is 11.6 Å². The van der Waals surface area contributed by atoms with Gasteiger partial charge in [0.05, 0.1) is 0 Å². The summed E-state index contributed by atoms with van der Waals surface area (Å²) < 4.78 is 17.1. The zero-order valence-electron chi connectivity index (χ0n) is 6.34. The van der Waals surface area contributed by atoms with E-state index < -0.39 is 5.29 Å². The molecule has 1 rings (SSSR count). The minimum atomic E-state index is -0.745. The lowest BCUT2D eigenvalue weighted by Gasteiger charge is -2.00. The fourth-order valence-electron chi connectivity index (χ4n) is 0.718. The highest BCUT2D eigenvalue weighted by molar-refractivity contribution is 6.28. The molecule has 0 spiro atoms. The monoisotopic (exact) mass is 186 g/mol. The number of hydrogen-bond donors (Lipinski definition) is 0. The van der Waals surface area contributed by atoms with Gasteiger partial charge < -0.3 is 4.74 Å². The van der Waals surface area contributed by atoms with Crippen LogP contribution in [0.25, 0.3) is 0 Å². The quantitative estimate of drug-likeness (QED) is 0.705. The fourth-order valence-corrected chi connectivity index (χ4v) is 0.781. The second kappa shape index (κ2) is 4.78. The van der Waals surface area contributed by atoms with E-state index in [9.17, 15) is 4.39 Å². The average Bonchev–Trinajstić information content (AvgIpc) is 2.05. The van der Waals surface area contributed by atoms with Crippen molar-refractivity contribution in [1.82, 2.24) is 0 Å². The van der Waals surface area contributed by atoms with Crippen LogP contribution in [0.3, 0.4) is 0 Å². The molecule has 0 atom stereocenters. The van der Waals surface area contributed by atoms with Gasteiger partial charge in [0, 0.05) is 6.08 Å². The molecule has 0 saturated carbocycles. The van der Waals surface area contributed by atoms with Crippen molar-refractivity contribution in [3.8, 4) is 5.75 Å². The number of benzene rings is 1. The highest BCUT2D eigenvalue weighted by atomic mass is 35.5. The smallest absolute Gasteiger partial charge is 0.188 e. The molecule has 0 amide bonds. The standard InChI is InChI=1S/C9H8ClFO/c10-9(11)6-7-12-8-4-2-1-3-5-8/h1-6H,7H2. The first-order valence-electron chi connectivity index (χ1n) is 3.48. The normalized spacial score (nSPS) is 11.3. The molecule has 0 heterocycles. The third kappa shape index (κ3) is 3.39. The Hall–Kier alpha value is -1.02. The van der Waals surface area contributed by atoms with E-state index in [4.69, 9.17) is 16.3 Å². The summed E-state index contributed by atoms with van der Waals surface area (Å²) in [6.45, 7) is 0.152. The van der Waals surface area contributed by atoms with Gasteiger partial charge in [-0.3, -0.25) is 0 Å². The highest BCUT2D eigenvalue weighted by Gasteiger charge is 1.89. The highest BCUT2D eigenvalue weighted by Crippen LogP contribution is 2.09. The molecule has 0 aliphatic carbocycles. The van der Waals surface area contributed by atoms with E-state index in [1.54, 1.807) is 12.1 Å². The van der Waals surface area contributed by atoms with Gasteiger partial charge in [-0.25, -0.2) is 0 Å². The third-order valence-electron chi connectivity index (χ3n) is 1.23. The van der Waals surface area contributed by atoms with Crippen LogP contribution in [0.4, 0.5) is 4.39 Å². The predicted molar refractivity (Wildman–Crippen MR) is 47.0 cm³/mol. The van der Waals surface area contributed by atoms with Crippen molar-refractivity contribution in [1.29, 1.82) is 0 Å². The zero-order valence-corrected chi connectivity index (χ0v) is 7.09. The summed E-state index contributed by atoms with van der Waals surface area (Å²) >= 11 is 4.96. The first kappa shape index (κ1) is 9.07. The molecule has 1 aromatic rings. The summed E-state index contributed by atoms with van der Waals surface area (Å²) in [7, 11) is 0. The maximum Gasteiger partial charge on any atom is 0.188 e. The van der Waals surface area contributed by atoms with E-state index in [0.717, 1.165) is 6.08 Å². The van der Waals surface area contributed by atoms with Gasteiger partial charge >= 0.3 is 0 Å². The molecule has 0 aliphatic heterocycles. The number of para-hydroxylation sites is 1. The summed E-state index contributed by atoms with van der Waals surface area (Å²) in [4.78, 5) is 0. The van der Waals surface area contributed by atoms with Crippen LogP contribution in [-0.2, 0) is 0 Å². The molecule has 0 radical (unpaired) electrons. The minimum Gasteiger partial charge on any atom is -0.489 e. The van der Waals surface area contributed by atoms with Gasteiger partial charge in [0.1, 0.15) is 12.4 Å². The lowest BCUT2D eigenvalue weighted by Crippen LogP contribution is -1.92. The predicted octanol–water partition coefficient (Wildman–Crippen LogP) is 3.12. The van der Waals surface area contributed by atoms with E-state index in [-0.39, 0.29) is 6.61 Å². The van der Waals surface area contributed by atoms with E-state index in [2.05, 4.69) is 0 Å². The van der Waals surface area contributed by atoms with Gasteiger partial charge in [-0.05, 0) is 12.1 Å². The maximum atomic E-state index is 12.0. The molecular weight excluding hydrogens is 179 g/mol. The number of hydrogen-bond acceptors (Lipinski definition) is 1. The van der Waals surface area contributed by atoms with Crippen molar-refractivity contribution in [2.75, 3.05) is 6.61 Å². The lowest BCUT2D eigenvalue weighted by atomic mass is 10.3. The molecule has 1 nitrogen and oxygen atoms in total. The topological polar surface area (TPSA) is 9.23 Å². The van der Waals surface area contributed by atoms with Crippen molar-refractivity contribution in [3.05, 3.63) is 41.7 Å². The van der Waals surface area contributed by atoms with Crippen molar-refractivity contribution in [2.24, 2.45) is 0 Å². The molecule has 12 heavy (non-hydrogen) atoms. The summed E-state index contributed by atoms with van der Waals surface area (Å²) in [6, 6.07) is 9.15. The second-order valence-electron chi connectivity index (χ2n) is 2.12. The molecule has 1 aromatic carbocycles. The Morgan fingerprint density at radius 1 is 1.42 bits per heavy atom. The van der Waals surface area contributed by atoms with Gasteiger partial charge in [0.15, 0.2) is 5.29 Å². The summed E-state index contributed by atoms with van der Waals surface area (Å²) in [5.41, 5.74) is 0. The van der Waals surface area contributed by atoms with E-state index in [1.807, 2.05) is 18.2 Å². The van der Waals surface area contributed by atoms with Gasteiger partial charge in [-0.1, -0.05) is 29.8 Å². The lowest BCUT2D eigenvalue weighted by molar-refractivity contribution is 0.360. The Bertz CT molecular complexity index is 254. The largest absolute Gasteiger partial charge is 0.489 e. The van der Waals surface area contributed by atoms with Crippen molar-refractivity contribution in [3.63, 3.8) is 0 Å². The van der Waals surface area contributed by atoms with Crippen LogP contribution in [0, 0.1) is 0 Å². The van der Waals surface area contributed by atoms with Crippen LogP contribution in [-0.4, -0.2) is 6.61 Å². The summed E-state index contributed by atoms with van der Waals surface area (Å²) in [5.74, 6) is 0.701. The molecule has 0 bridgehead atoms. The average molecular weight is 187 g/mol. The molecule has 64 valence electrons. The Morgan fingerprint density at radius 2 is 2.08 bits per heavy atom.